The van der Waals surface area contributed by atoms with Crippen LogP contribution in [0.1, 0.15) is 31.4 Å². The van der Waals surface area contributed by atoms with Gasteiger partial charge in [-0.1, -0.05) is 24.3 Å². The molecule has 1 aromatic rings. The number of esters is 2. The summed E-state index contributed by atoms with van der Waals surface area (Å²) in [6, 6.07) is 4.46. The summed E-state index contributed by atoms with van der Waals surface area (Å²) in [5, 5.41) is 0. The molecule has 2 atom stereocenters. The van der Waals surface area contributed by atoms with Crippen LogP contribution in [0.3, 0.4) is 0 Å². The third-order valence-corrected chi connectivity index (χ3v) is 3.70. The van der Waals surface area contributed by atoms with Crippen molar-refractivity contribution in [1.29, 1.82) is 0 Å². The van der Waals surface area contributed by atoms with Gasteiger partial charge < -0.3 is 18.9 Å². The first-order valence-corrected chi connectivity index (χ1v) is 8.87. The quantitative estimate of drug-likeness (QED) is 0.292. The van der Waals surface area contributed by atoms with E-state index in [2.05, 4.69) is 0 Å². The summed E-state index contributed by atoms with van der Waals surface area (Å²) in [7, 11) is 0. The highest BCUT2D eigenvalue weighted by Gasteiger charge is 2.30. The molecule has 1 aliphatic heterocycles. The molecule has 158 valence electrons. The molecule has 0 amide bonds. The van der Waals surface area contributed by atoms with Crippen molar-refractivity contribution in [2.24, 2.45) is 0 Å². The minimum absolute atomic E-state index is 0.0300. The normalized spacial score (nSPS) is 19.6. The molecule has 0 aliphatic carbocycles. The fourth-order valence-electron chi connectivity index (χ4n) is 2.45. The zero-order valence-corrected chi connectivity index (χ0v) is 15.9. The van der Waals surface area contributed by atoms with E-state index in [1.807, 2.05) is 0 Å². The van der Waals surface area contributed by atoms with Crippen LogP contribution in [0.15, 0.2) is 42.2 Å². The van der Waals surface area contributed by atoms with Gasteiger partial charge in [-0.3, -0.25) is 4.79 Å². The summed E-state index contributed by atoms with van der Waals surface area (Å²) in [6.07, 6.45) is -1.13. The molecule has 9 heteroatoms. The van der Waals surface area contributed by atoms with Gasteiger partial charge in [0.2, 0.25) is 12.0 Å². The molecular formula is C20H21F3O6. The van der Waals surface area contributed by atoms with Gasteiger partial charge in [0.1, 0.15) is 12.7 Å². The molecule has 1 aliphatic rings. The van der Waals surface area contributed by atoms with Gasteiger partial charge in [0.25, 0.3) is 0 Å². The number of halogens is 3. The standard InChI is InChI=1S/C20H21F3O6/c1-3-26-19(25)17(11-14-6-4-7-15(10-14)20(21,22)23)29-18-9-5-8-16(28-18)12-27-13(2)24/h4-8,10-11,16,18H,3,9,12H2,1-2H3/t16-,18+/m0/s1. The number of rotatable bonds is 7. The third-order valence-electron chi connectivity index (χ3n) is 3.70. The molecule has 2 rings (SSSR count). The first kappa shape index (κ1) is 22.5. The van der Waals surface area contributed by atoms with Crippen molar-refractivity contribution in [3.63, 3.8) is 0 Å². The summed E-state index contributed by atoms with van der Waals surface area (Å²) in [5.41, 5.74) is -0.738. The Balaban J connectivity index is 2.19. The first-order chi connectivity index (χ1) is 13.7. The monoisotopic (exact) mass is 414 g/mol. The Morgan fingerprint density at radius 1 is 1.28 bits per heavy atom. The Morgan fingerprint density at radius 3 is 2.69 bits per heavy atom. The van der Waals surface area contributed by atoms with Gasteiger partial charge in [-0.15, -0.1) is 0 Å². The maximum atomic E-state index is 12.9. The van der Waals surface area contributed by atoms with Crippen LogP contribution in [0, 0.1) is 0 Å². The molecule has 29 heavy (non-hydrogen) atoms. The van der Waals surface area contributed by atoms with Crippen molar-refractivity contribution in [1.82, 2.24) is 0 Å². The number of hydrogen-bond donors (Lipinski definition) is 0. The maximum Gasteiger partial charge on any atom is 0.416 e. The van der Waals surface area contributed by atoms with E-state index < -0.39 is 36.1 Å². The predicted molar refractivity (Wildman–Crippen MR) is 96.2 cm³/mol. The highest BCUT2D eigenvalue weighted by molar-refractivity contribution is 5.91. The van der Waals surface area contributed by atoms with Crippen LogP contribution in [0.2, 0.25) is 0 Å². The molecule has 0 saturated heterocycles. The Kier molecular flexibility index (Phi) is 7.83. The smallest absolute Gasteiger partial charge is 0.416 e. The van der Waals surface area contributed by atoms with E-state index in [1.165, 1.54) is 19.1 Å². The molecule has 1 heterocycles. The van der Waals surface area contributed by atoms with Gasteiger partial charge >= 0.3 is 18.1 Å². The van der Waals surface area contributed by atoms with E-state index in [0.717, 1.165) is 18.2 Å². The minimum atomic E-state index is -4.52. The van der Waals surface area contributed by atoms with E-state index in [4.69, 9.17) is 18.9 Å². The molecule has 0 spiro atoms. The zero-order chi connectivity index (χ0) is 21.4. The predicted octanol–water partition coefficient (Wildman–Crippen LogP) is 3.86. The average Bonchev–Trinajstić information content (AvgIpc) is 2.66. The SMILES string of the molecule is CCOC(=O)C(=Cc1cccc(C(F)(F)F)c1)O[C@@H]1CC=C[C@@H](COC(C)=O)O1. The van der Waals surface area contributed by atoms with Crippen molar-refractivity contribution in [2.45, 2.75) is 38.8 Å². The Hall–Kier alpha value is -2.81. The number of benzene rings is 1. The van der Waals surface area contributed by atoms with Crippen LogP contribution in [-0.4, -0.2) is 37.5 Å². The third kappa shape index (κ3) is 7.26. The summed E-state index contributed by atoms with van der Waals surface area (Å²) in [5.74, 6) is -1.60. The summed E-state index contributed by atoms with van der Waals surface area (Å²) in [6.45, 7) is 2.88. The average molecular weight is 414 g/mol. The van der Waals surface area contributed by atoms with E-state index >= 15 is 0 Å². The second-order valence-electron chi connectivity index (χ2n) is 6.04. The lowest BCUT2D eigenvalue weighted by Crippen LogP contribution is -2.31. The second kappa shape index (κ2) is 10.1. The van der Waals surface area contributed by atoms with Gasteiger partial charge in [-0.25, -0.2) is 4.79 Å². The molecule has 0 aromatic heterocycles. The fraction of sp³-hybridized carbons (Fsp3) is 0.400. The largest absolute Gasteiger partial charge is 0.463 e. The molecule has 6 nitrogen and oxygen atoms in total. The topological polar surface area (TPSA) is 71.1 Å². The molecule has 0 unspecified atom stereocenters. The number of hydrogen-bond acceptors (Lipinski definition) is 6. The van der Waals surface area contributed by atoms with E-state index in [1.54, 1.807) is 19.1 Å². The summed E-state index contributed by atoms with van der Waals surface area (Å²) >= 11 is 0. The van der Waals surface area contributed by atoms with Crippen LogP contribution in [0.25, 0.3) is 6.08 Å². The molecule has 0 fully saturated rings. The second-order valence-corrected chi connectivity index (χ2v) is 6.04. The number of carbonyl (C=O) groups excluding carboxylic acids is 2. The van der Waals surface area contributed by atoms with E-state index in [9.17, 15) is 22.8 Å². The van der Waals surface area contributed by atoms with Crippen molar-refractivity contribution in [3.8, 4) is 0 Å². The van der Waals surface area contributed by atoms with Gasteiger partial charge in [-0.05, 0) is 30.7 Å². The first-order valence-electron chi connectivity index (χ1n) is 8.87. The molecule has 1 aromatic carbocycles. The number of ether oxygens (including phenoxy) is 4. The van der Waals surface area contributed by atoms with E-state index in [0.29, 0.717) is 0 Å². The lowest BCUT2D eigenvalue weighted by molar-refractivity contribution is -0.172. The molecule has 0 radical (unpaired) electrons. The lowest BCUT2D eigenvalue weighted by Gasteiger charge is -2.26. The minimum Gasteiger partial charge on any atom is -0.463 e. The maximum absolute atomic E-state index is 12.9. The Bertz CT molecular complexity index is 785. The van der Waals surface area contributed by atoms with Crippen LogP contribution >= 0.6 is 0 Å². The van der Waals surface area contributed by atoms with Crippen molar-refractivity contribution in [2.75, 3.05) is 13.2 Å². The Morgan fingerprint density at radius 2 is 2.03 bits per heavy atom. The van der Waals surface area contributed by atoms with Gasteiger partial charge in [-0.2, -0.15) is 13.2 Å². The van der Waals surface area contributed by atoms with Crippen molar-refractivity contribution < 1.29 is 41.7 Å². The van der Waals surface area contributed by atoms with Crippen LogP contribution in [0.5, 0.6) is 0 Å². The molecule has 0 bridgehead atoms. The summed E-state index contributed by atoms with van der Waals surface area (Å²) in [4.78, 5) is 23.1. The molecule has 0 N–H and O–H groups in total. The number of alkyl halides is 3. The fourth-order valence-corrected chi connectivity index (χ4v) is 2.45. The number of carbonyl (C=O) groups is 2. The van der Waals surface area contributed by atoms with Gasteiger partial charge in [0.15, 0.2) is 0 Å². The van der Waals surface area contributed by atoms with Crippen LogP contribution in [0.4, 0.5) is 13.2 Å². The highest BCUT2D eigenvalue weighted by atomic mass is 19.4. The summed E-state index contributed by atoms with van der Waals surface area (Å²) < 4.78 is 59.7. The zero-order valence-electron chi connectivity index (χ0n) is 15.9. The van der Waals surface area contributed by atoms with Gasteiger partial charge in [0.05, 0.1) is 12.2 Å². The van der Waals surface area contributed by atoms with Crippen LogP contribution < -0.4 is 0 Å². The molecular weight excluding hydrogens is 393 g/mol. The van der Waals surface area contributed by atoms with Crippen molar-refractivity contribution >= 4 is 18.0 Å². The molecule has 0 saturated carbocycles. The lowest BCUT2D eigenvalue weighted by atomic mass is 10.1. The van der Waals surface area contributed by atoms with E-state index in [-0.39, 0.29) is 31.0 Å². The van der Waals surface area contributed by atoms with Gasteiger partial charge in [0, 0.05) is 13.3 Å². The van der Waals surface area contributed by atoms with Crippen molar-refractivity contribution in [3.05, 3.63) is 53.3 Å². The highest BCUT2D eigenvalue weighted by Crippen LogP contribution is 2.30. The Labute approximate surface area is 165 Å². The van der Waals surface area contributed by atoms with Crippen LogP contribution in [-0.2, 0) is 34.7 Å².